The molecule has 0 saturated heterocycles. The maximum Gasteiger partial charge on any atom is 0.472 e. The number of hydrogen-bond donors (Lipinski definition) is 3. The zero-order valence-electron chi connectivity index (χ0n) is 56.3. The summed E-state index contributed by atoms with van der Waals surface area (Å²) in [6.45, 7) is 7.14. The molecular weight excluding hydrogens is 1160 g/mol. The highest BCUT2D eigenvalue weighted by Gasteiger charge is 2.30. The van der Waals surface area contributed by atoms with Gasteiger partial charge in [0.1, 0.15) is 19.3 Å². The van der Waals surface area contributed by atoms with Gasteiger partial charge in [0.25, 0.3) is 0 Å². The van der Waals surface area contributed by atoms with Gasteiger partial charge < -0.3 is 33.8 Å². The number of carbonyl (C=O) groups excluding carboxylic acids is 4. The predicted molar refractivity (Wildman–Crippen MR) is 354 cm³/mol. The smallest absolute Gasteiger partial charge is 0.462 e. The first-order valence-corrected chi connectivity index (χ1v) is 38.4. The van der Waals surface area contributed by atoms with Crippen LogP contribution in [0.5, 0.6) is 0 Å². The largest absolute Gasteiger partial charge is 0.472 e. The third-order valence-electron chi connectivity index (χ3n) is 15.4. The number of carbonyl (C=O) groups is 4. The van der Waals surface area contributed by atoms with Gasteiger partial charge in [-0.25, -0.2) is 9.13 Å². The van der Waals surface area contributed by atoms with E-state index < -0.39 is 97.5 Å². The molecule has 2 unspecified atom stereocenters. The molecular formula is C69H130O17P2. The summed E-state index contributed by atoms with van der Waals surface area (Å²) < 4.78 is 68.1. The van der Waals surface area contributed by atoms with Crippen molar-refractivity contribution in [1.29, 1.82) is 0 Å². The minimum Gasteiger partial charge on any atom is -0.462 e. The number of unbranched alkanes of at least 4 members (excludes halogenated alkanes) is 36. The maximum atomic E-state index is 13.0. The van der Waals surface area contributed by atoms with Crippen molar-refractivity contribution in [3.05, 3.63) is 24.3 Å². The first-order valence-electron chi connectivity index (χ1n) is 35.5. The minimum atomic E-state index is -4.96. The number of ether oxygens (including phenoxy) is 4. The van der Waals surface area contributed by atoms with Crippen LogP contribution in [0.3, 0.4) is 0 Å². The quantitative estimate of drug-likeness (QED) is 0.0169. The van der Waals surface area contributed by atoms with Crippen LogP contribution in [0.15, 0.2) is 24.3 Å². The van der Waals surface area contributed by atoms with E-state index in [1.54, 1.807) is 0 Å². The van der Waals surface area contributed by atoms with Crippen LogP contribution in [0.25, 0.3) is 0 Å². The molecule has 0 heterocycles. The number of aliphatic hydroxyl groups is 1. The molecule has 17 nitrogen and oxygen atoms in total. The monoisotopic (exact) mass is 1290 g/mol. The molecule has 19 heteroatoms. The van der Waals surface area contributed by atoms with Crippen LogP contribution in [0.2, 0.25) is 0 Å². The lowest BCUT2D eigenvalue weighted by atomic mass is 10.0. The Kier molecular flexibility index (Phi) is 60.3. The third kappa shape index (κ3) is 62.4. The molecule has 0 fully saturated rings. The Morgan fingerprint density at radius 3 is 0.932 bits per heavy atom. The number of allylic oxidation sites excluding steroid dienone is 4. The molecule has 518 valence electrons. The van der Waals surface area contributed by atoms with Gasteiger partial charge >= 0.3 is 39.5 Å². The fraction of sp³-hybridized carbons (Fsp3) is 0.884. The fourth-order valence-corrected chi connectivity index (χ4v) is 11.5. The van der Waals surface area contributed by atoms with Crippen LogP contribution in [0.1, 0.15) is 330 Å². The zero-order chi connectivity index (χ0) is 64.9. The Labute approximate surface area is 535 Å². The summed E-state index contributed by atoms with van der Waals surface area (Å²) in [6.07, 6.45) is 50.7. The lowest BCUT2D eigenvalue weighted by Gasteiger charge is -2.21. The lowest BCUT2D eigenvalue weighted by Crippen LogP contribution is -2.30. The maximum absolute atomic E-state index is 13.0. The van der Waals surface area contributed by atoms with Crippen molar-refractivity contribution in [3.8, 4) is 0 Å². The Balaban J connectivity index is 5.27. The average molecular weight is 1290 g/mol. The van der Waals surface area contributed by atoms with Gasteiger partial charge in [0.2, 0.25) is 0 Å². The average Bonchev–Trinajstić information content (AvgIpc) is 3.51. The summed E-state index contributed by atoms with van der Waals surface area (Å²) in [5.74, 6) is -1.40. The van der Waals surface area contributed by atoms with Crippen molar-refractivity contribution in [2.75, 3.05) is 39.6 Å². The predicted octanol–water partition coefficient (Wildman–Crippen LogP) is 19.3. The molecule has 0 saturated carbocycles. The Bertz CT molecular complexity index is 1800. The first-order chi connectivity index (χ1) is 42.5. The SMILES string of the molecule is CCCCCC/C=C\C=C/CCCCCCCC(=O)O[C@H](COC(=O)CCCCCCCCCCCCC(C)C)COP(=O)(O)OC[C@@H](O)COP(=O)(O)OC[C@@H](COC(=O)CCCCCCCCCC)OC(=O)CCCCCCCCCCCCCC. The van der Waals surface area contributed by atoms with E-state index in [9.17, 15) is 43.2 Å². The molecule has 0 aromatic heterocycles. The highest BCUT2D eigenvalue weighted by molar-refractivity contribution is 7.47. The molecule has 5 atom stereocenters. The Morgan fingerprint density at radius 2 is 0.614 bits per heavy atom. The number of phosphoric acid groups is 2. The van der Waals surface area contributed by atoms with Crippen LogP contribution in [0, 0.1) is 5.92 Å². The normalized spacial score (nSPS) is 14.3. The van der Waals surface area contributed by atoms with E-state index in [4.69, 9.17) is 37.0 Å². The van der Waals surface area contributed by atoms with Crippen LogP contribution < -0.4 is 0 Å². The van der Waals surface area contributed by atoms with Gasteiger partial charge in [0.05, 0.1) is 26.4 Å². The second kappa shape index (κ2) is 62.0. The second-order valence-corrected chi connectivity index (χ2v) is 27.6. The van der Waals surface area contributed by atoms with Crippen molar-refractivity contribution in [3.63, 3.8) is 0 Å². The van der Waals surface area contributed by atoms with Gasteiger partial charge in [-0.3, -0.25) is 37.3 Å². The van der Waals surface area contributed by atoms with Crippen molar-refractivity contribution in [2.24, 2.45) is 5.92 Å². The van der Waals surface area contributed by atoms with Crippen molar-refractivity contribution in [1.82, 2.24) is 0 Å². The molecule has 0 aliphatic heterocycles. The number of hydrogen-bond acceptors (Lipinski definition) is 15. The molecule has 88 heavy (non-hydrogen) atoms. The second-order valence-electron chi connectivity index (χ2n) is 24.7. The summed E-state index contributed by atoms with van der Waals surface area (Å²) in [5, 5.41) is 10.6. The number of phosphoric ester groups is 2. The van der Waals surface area contributed by atoms with Crippen molar-refractivity contribution >= 4 is 39.5 Å². The summed E-state index contributed by atoms with van der Waals surface area (Å²) in [6, 6.07) is 0. The van der Waals surface area contributed by atoms with Crippen LogP contribution in [-0.2, 0) is 65.4 Å². The van der Waals surface area contributed by atoms with Crippen LogP contribution in [-0.4, -0.2) is 96.7 Å². The van der Waals surface area contributed by atoms with Gasteiger partial charge in [-0.1, -0.05) is 277 Å². The zero-order valence-corrected chi connectivity index (χ0v) is 58.1. The van der Waals surface area contributed by atoms with E-state index >= 15 is 0 Å². The van der Waals surface area contributed by atoms with Gasteiger partial charge in [-0.15, -0.1) is 0 Å². The summed E-state index contributed by atoms with van der Waals surface area (Å²) in [7, 11) is -9.91. The molecule has 3 N–H and O–H groups in total. The highest BCUT2D eigenvalue weighted by atomic mass is 31.2. The molecule has 0 aliphatic rings. The van der Waals surface area contributed by atoms with Gasteiger partial charge in [-0.2, -0.15) is 0 Å². The number of esters is 4. The molecule has 0 aromatic rings. The summed E-state index contributed by atoms with van der Waals surface area (Å²) in [4.78, 5) is 72.4. The Morgan fingerprint density at radius 1 is 0.352 bits per heavy atom. The highest BCUT2D eigenvalue weighted by Crippen LogP contribution is 2.45. The van der Waals surface area contributed by atoms with Gasteiger partial charge in [-0.05, 0) is 57.3 Å². The molecule has 0 spiro atoms. The fourth-order valence-electron chi connectivity index (χ4n) is 9.93. The van der Waals surface area contributed by atoms with E-state index in [0.717, 1.165) is 115 Å². The van der Waals surface area contributed by atoms with Crippen LogP contribution >= 0.6 is 15.6 Å². The van der Waals surface area contributed by atoms with E-state index in [2.05, 4.69) is 58.9 Å². The van der Waals surface area contributed by atoms with Crippen molar-refractivity contribution in [2.45, 2.75) is 348 Å². The molecule has 0 rings (SSSR count). The Hall–Kier alpha value is -2.46. The molecule has 0 aliphatic carbocycles. The van der Waals surface area contributed by atoms with E-state index in [0.29, 0.717) is 25.7 Å². The molecule has 0 aromatic carbocycles. The lowest BCUT2D eigenvalue weighted by molar-refractivity contribution is -0.161. The molecule has 0 radical (unpaired) electrons. The van der Waals surface area contributed by atoms with Gasteiger partial charge in [0, 0.05) is 25.7 Å². The summed E-state index contributed by atoms with van der Waals surface area (Å²) >= 11 is 0. The van der Waals surface area contributed by atoms with Crippen molar-refractivity contribution < 1.29 is 80.2 Å². The van der Waals surface area contributed by atoms with E-state index in [1.165, 1.54) is 135 Å². The number of rotatable bonds is 67. The van der Waals surface area contributed by atoms with E-state index in [-0.39, 0.29) is 25.7 Å². The molecule has 0 amide bonds. The topological polar surface area (TPSA) is 237 Å². The third-order valence-corrected chi connectivity index (χ3v) is 17.3. The first kappa shape index (κ1) is 85.5. The summed E-state index contributed by atoms with van der Waals surface area (Å²) in [5.41, 5.74) is 0. The number of aliphatic hydroxyl groups excluding tert-OH is 1. The molecule has 0 bridgehead atoms. The van der Waals surface area contributed by atoms with Gasteiger partial charge in [0.15, 0.2) is 12.2 Å². The van der Waals surface area contributed by atoms with Crippen LogP contribution in [0.4, 0.5) is 0 Å². The standard InChI is InChI=1S/C69H130O17P2/c1-6-9-12-15-18-21-23-25-26-27-29-35-40-45-50-55-69(74)86-65(59-80-67(72)53-48-43-38-33-31-30-32-36-41-46-51-62(4)5)61-84-88(77,78)82-57-63(70)56-81-87(75,76)83-60-64(58-79-66(71)52-47-42-37-20-17-14-11-8-3)85-68(73)54-49-44-39-34-28-24-22-19-16-13-10-7-2/h21,23,25-26,62-65,70H,6-20,22,24,27-61H2,1-5H3,(H,75,76)(H,77,78)/b23-21-,26-25-/t63-,64+,65+/m0/s1. The van der Waals surface area contributed by atoms with E-state index in [1.807, 2.05) is 0 Å². The minimum absolute atomic E-state index is 0.0849.